The predicted octanol–water partition coefficient (Wildman–Crippen LogP) is 2.83. The zero-order valence-electron chi connectivity index (χ0n) is 9.14. The average molecular weight is 209 g/mol. The van der Waals surface area contributed by atoms with Gasteiger partial charge in [-0.2, -0.15) is 0 Å². The molecule has 1 heterocycles. The molecule has 1 atom stereocenters. The van der Waals surface area contributed by atoms with Crippen LogP contribution in [0.2, 0.25) is 0 Å². The van der Waals surface area contributed by atoms with E-state index in [1.807, 2.05) is 0 Å². The number of hydrogen-bond donors (Lipinski definition) is 1. The van der Waals surface area contributed by atoms with Gasteiger partial charge in [0.1, 0.15) is 0 Å². The number of anilines is 1. The molecule has 0 spiro atoms. The minimum atomic E-state index is -0.293. The van der Waals surface area contributed by atoms with E-state index in [4.69, 9.17) is 4.74 Å². The molecule has 0 bridgehead atoms. The van der Waals surface area contributed by atoms with Crippen LogP contribution >= 0.6 is 0 Å². The Balaban J connectivity index is 2.33. The summed E-state index contributed by atoms with van der Waals surface area (Å²) in [5.74, 6) is 0.693. The van der Waals surface area contributed by atoms with Gasteiger partial charge < -0.3 is 10.1 Å². The number of halogens is 1. The molecular weight excluding hydrogens is 193 g/mol. The minimum absolute atomic E-state index is 0.293. The second-order valence-corrected chi connectivity index (χ2v) is 4.00. The lowest BCUT2D eigenvalue weighted by atomic mass is 9.92. The van der Waals surface area contributed by atoms with Crippen molar-refractivity contribution in [3.05, 3.63) is 23.5 Å². The maximum atomic E-state index is 13.4. The van der Waals surface area contributed by atoms with Crippen molar-refractivity contribution in [3.63, 3.8) is 0 Å². The van der Waals surface area contributed by atoms with Gasteiger partial charge in [-0.1, -0.05) is 13.3 Å². The summed E-state index contributed by atoms with van der Waals surface area (Å²) < 4.78 is 18.4. The SMILES string of the molecule is CCC1CNc2cc(F)c(OC)cc2C1. The second kappa shape index (κ2) is 4.09. The Labute approximate surface area is 89.4 Å². The smallest absolute Gasteiger partial charge is 0.167 e. The molecule has 1 unspecified atom stereocenters. The van der Waals surface area contributed by atoms with Crippen LogP contribution in [0.1, 0.15) is 18.9 Å². The highest BCUT2D eigenvalue weighted by Gasteiger charge is 2.19. The molecular formula is C12H16FNO. The third kappa shape index (κ3) is 1.91. The lowest BCUT2D eigenvalue weighted by molar-refractivity contribution is 0.385. The molecule has 1 aliphatic rings. The van der Waals surface area contributed by atoms with E-state index in [2.05, 4.69) is 12.2 Å². The third-order valence-electron chi connectivity index (χ3n) is 3.04. The van der Waals surface area contributed by atoms with Gasteiger partial charge in [0.25, 0.3) is 0 Å². The highest BCUT2D eigenvalue weighted by Crippen LogP contribution is 2.31. The monoisotopic (exact) mass is 209 g/mol. The van der Waals surface area contributed by atoms with Crippen LogP contribution in [0.15, 0.2) is 12.1 Å². The molecule has 2 rings (SSSR count). The van der Waals surface area contributed by atoms with Crippen molar-refractivity contribution in [2.24, 2.45) is 5.92 Å². The van der Waals surface area contributed by atoms with Gasteiger partial charge in [0.05, 0.1) is 7.11 Å². The molecule has 0 aromatic heterocycles. The van der Waals surface area contributed by atoms with Crippen molar-refractivity contribution in [2.75, 3.05) is 19.0 Å². The maximum absolute atomic E-state index is 13.4. The van der Waals surface area contributed by atoms with Crippen LogP contribution in [0.4, 0.5) is 10.1 Å². The fourth-order valence-corrected chi connectivity index (χ4v) is 2.01. The lowest BCUT2D eigenvalue weighted by Gasteiger charge is -2.25. The van der Waals surface area contributed by atoms with Crippen LogP contribution in [0.5, 0.6) is 5.75 Å². The van der Waals surface area contributed by atoms with Crippen molar-refractivity contribution in [3.8, 4) is 5.75 Å². The summed E-state index contributed by atoms with van der Waals surface area (Å²) in [6.07, 6.45) is 2.15. The Hall–Kier alpha value is -1.25. The van der Waals surface area contributed by atoms with E-state index in [1.165, 1.54) is 13.2 Å². The zero-order chi connectivity index (χ0) is 10.8. The number of nitrogens with one attached hydrogen (secondary N) is 1. The van der Waals surface area contributed by atoms with Gasteiger partial charge in [-0.25, -0.2) is 4.39 Å². The molecule has 2 nitrogen and oxygen atoms in total. The number of benzene rings is 1. The number of fused-ring (bicyclic) bond motifs is 1. The molecule has 1 aromatic carbocycles. The van der Waals surface area contributed by atoms with Crippen LogP contribution in [-0.4, -0.2) is 13.7 Å². The van der Waals surface area contributed by atoms with E-state index in [9.17, 15) is 4.39 Å². The number of methoxy groups -OCH3 is 1. The van der Waals surface area contributed by atoms with Crippen LogP contribution in [0, 0.1) is 11.7 Å². The quantitative estimate of drug-likeness (QED) is 0.808. The molecule has 0 saturated carbocycles. The molecule has 1 aromatic rings. The number of ether oxygens (including phenoxy) is 1. The molecule has 15 heavy (non-hydrogen) atoms. The molecule has 0 aliphatic carbocycles. The van der Waals surface area contributed by atoms with E-state index in [-0.39, 0.29) is 5.82 Å². The first-order valence-electron chi connectivity index (χ1n) is 5.35. The van der Waals surface area contributed by atoms with Gasteiger partial charge in [0.2, 0.25) is 0 Å². The molecule has 3 heteroatoms. The summed E-state index contributed by atoms with van der Waals surface area (Å²) in [6.45, 7) is 3.12. The van der Waals surface area contributed by atoms with E-state index in [0.29, 0.717) is 11.7 Å². The summed E-state index contributed by atoms with van der Waals surface area (Å²) in [5.41, 5.74) is 2.07. The Morgan fingerprint density at radius 1 is 1.53 bits per heavy atom. The zero-order valence-corrected chi connectivity index (χ0v) is 9.14. The summed E-state index contributed by atoms with van der Waals surface area (Å²) in [7, 11) is 1.50. The van der Waals surface area contributed by atoms with Gasteiger partial charge in [-0.3, -0.25) is 0 Å². The van der Waals surface area contributed by atoms with Gasteiger partial charge in [-0.15, -0.1) is 0 Å². The number of rotatable bonds is 2. The first-order chi connectivity index (χ1) is 7.24. The normalized spacial score (nSPS) is 19.3. The van der Waals surface area contributed by atoms with Gasteiger partial charge in [0.15, 0.2) is 11.6 Å². The average Bonchev–Trinajstić information content (AvgIpc) is 2.27. The van der Waals surface area contributed by atoms with E-state index >= 15 is 0 Å². The fourth-order valence-electron chi connectivity index (χ4n) is 2.01. The Morgan fingerprint density at radius 2 is 2.33 bits per heavy atom. The second-order valence-electron chi connectivity index (χ2n) is 4.00. The van der Waals surface area contributed by atoms with Crippen LogP contribution < -0.4 is 10.1 Å². The highest BCUT2D eigenvalue weighted by atomic mass is 19.1. The van der Waals surface area contributed by atoms with Crippen molar-refractivity contribution in [2.45, 2.75) is 19.8 Å². The molecule has 82 valence electrons. The van der Waals surface area contributed by atoms with E-state index in [1.54, 1.807) is 6.07 Å². The van der Waals surface area contributed by atoms with Crippen molar-refractivity contribution >= 4 is 5.69 Å². The van der Waals surface area contributed by atoms with Crippen molar-refractivity contribution in [1.82, 2.24) is 0 Å². The van der Waals surface area contributed by atoms with Crippen LogP contribution in [0.25, 0.3) is 0 Å². The van der Waals surface area contributed by atoms with Crippen LogP contribution in [0.3, 0.4) is 0 Å². The lowest BCUT2D eigenvalue weighted by Crippen LogP contribution is -2.22. The maximum Gasteiger partial charge on any atom is 0.167 e. The van der Waals surface area contributed by atoms with Gasteiger partial charge in [0, 0.05) is 18.3 Å². The summed E-state index contributed by atoms with van der Waals surface area (Å²) >= 11 is 0. The van der Waals surface area contributed by atoms with Crippen molar-refractivity contribution in [1.29, 1.82) is 0 Å². The largest absolute Gasteiger partial charge is 0.494 e. The Kier molecular flexibility index (Phi) is 2.80. The Morgan fingerprint density at radius 3 is 3.00 bits per heavy atom. The molecule has 1 N–H and O–H groups in total. The Bertz CT molecular complexity index is 365. The molecule has 1 aliphatic heterocycles. The van der Waals surface area contributed by atoms with E-state index in [0.717, 1.165) is 30.6 Å². The molecule has 0 amide bonds. The summed E-state index contributed by atoms with van der Waals surface area (Å²) in [5, 5.41) is 3.26. The van der Waals surface area contributed by atoms with E-state index < -0.39 is 0 Å². The molecule has 0 radical (unpaired) electrons. The standard InChI is InChI=1S/C12H16FNO/c1-3-8-4-9-5-12(15-2)10(13)6-11(9)14-7-8/h5-6,8,14H,3-4,7H2,1-2H3. The fraction of sp³-hybridized carbons (Fsp3) is 0.500. The summed E-state index contributed by atoms with van der Waals surface area (Å²) in [4.78, 5) is 0. The topological polar surface area (TPSA) is 21.3 Å². The molecule has 0 fully saturated rings. The number of hydrogen-bond acceptors (Lipinski definition) is 2. The minimum Gasteiger partial charge on any atom is -0.494 e. The first kappa shape index (κ1) is 10.3. The molecule has 0 saturated heterocycles. The van der Waals surface area contributed by atoms with Gasteiger partial charge >= 0.3 is 0 Å². The third-order valence-corrected chi connectivity index (χ3v) is 3.04. The van der Waals surface area contributed by atoms with Gasteiger partial charge in [-0.05, 0) is 24.0 Å². The first-order valence-corrected chi connectivity index (χ1v) is 5.35. The summed E-state index contributed by atoms with van der Waals surface area (Å²) in [6, 6.07) is 3.33. The predicted molar refractivity (Wildman–Crippen MR) is 58.9 cm³/mol. The highest BCUT2D eigenvalue weighted by molar-refractivity contribution is 5.56. The van der Waals surface area contributed by atoms with Crippen LogP contribution in [-0.2, 0) is 6.42 Å². The van der Waals surface area contributed by atoms with Crippen molar-refractivity contribution < 1.29 is 9.13 Å².